The smallest absolute Gasteiger partial charge is 0.462 e. The van der Waals surface area contributed by atoms with E-state index in [-0.39, 0.29) is 32.6 Å². The highest BCUT2D eigenvalue weighted by Crippen LogP contribution is 2.43. The van der Waals surface area contributed by atoms with Crippen LogP contribution in [0.1, 0.15) is 232 Å². The molecule has 77 heavy (non-hydrogen) atoms. The van der Waals surface area contributed by atoms with E-state index in [4.69, 9.17) is 24.3 Å². The van der Waals surface area contributed by atoms with Crippen LogP contribution in [0.4, 0.5) is 0 Å². The molecule has 0 spiro atoms. The summed E-state index contributed by atoms with van der Waals surface area (Å²) >= 11 is 0. The molecule has 0 aliphatic heterocycles. The summed E-state index contributed by atoms with van der Waals surface area (Å²) in [4.78, 5) is 35.1. The summed E-state index contributed by atoms with van der Waals surface area (Å²) in [6.07, 6.45) is 87.9. The van der Waals surface area contributed by atoms with E-state index in [1.807, 2.05) is 0 Å². The monoisotopic (exact) mass is 1090 g/mol. The Morgan fingerprint density at radius 1 is 0.390 bits per heavy atom. The SMILES string of the molecule is CC/C=C\C/C=C\C/C=C\C/C=C\C/C=C\C/C=C\C/C=C\C/C=C\CCCCCCCCCCCCCCCCCCC(=O)OC(COC(=O)CCCC/C=C\C/C=C\C/C=C\C/C=C\CC)COP(=O)(O)OCCN. The van der Waals surface area contributed by atoms with Crippen molar-refractivity contribution < 1.29 is 37.6 Å². The molecule has 0 aromatic heterocycles. The Morgan fingerprint density at radius 3 is 1.03 bits per heavy atom. The van der Waals surface area contributed by atoms with Crippen molar-refractivity contribution in [3.05, 3.63) is 146 Å². The fraction of sp³-hybridized carbons (Fsp3) is 0.612. The number of phosphoric acid groups is 1. The summed E-state index contributed by atoms with van der Waals surface area (Å²) in [5.41, 5.74) is 5.37. The number of nitrogens with two attached hydrogens (primary N) is 1. The largest absolute Gasteiger partial charge is 0.472 e. The highest BCUT2D eigenvalue weighted by atomic mass is 31.2. The summed E-state index contributed by atoms with van der Waals surface area (Å²) < 4.78 is 32.9. The van der Waals surface area contributed by atoms with E-state index in [1.54, 1.807) is 0 Å². The van der Waals surface area contributed by atoms with Gasteiger partial charge in [0.1, 0.15) is 6.61 Å². The van der Waals surface area contributed by atoms with Crippen molar-refractivity contribution in [1.82, 2.24) is 0 Å². The molecule has 0 heterocycles. The second kappa shape index (κ2) is 61.1. The van der Waals surface area contributed by atoms with Gasteiger partial charge in [0.2, 0.25) is 0 Å². The van der Waals surface area contributed by atoms with Crippen LogP contribution in [-0.4, -0.2) is 49.3 Å². The average Bonchev–Trinajstić information content (AvgIpc) is 3.42. The van der Waals surface area contributed by atoms with Crippen LogP contribution in [-0.2, 0) is 32.7 Å². The van der Waals surface area contributed by atoms with Crippen LogP contribution >= 0.6 is 7.82 Å². The zero-order valence-corrected chi connectivity index (χ0v) is 49.5. The molecule has 2 unspecified atom stereocenters. The molecule has 0 bridgehead atoms. The number of ether oxygens (including phenoxy) is 2. The van der Waals surface area contributed by atoms with Gasteiger partial charge in [-0.1, -0.05) is 250 Å². The standard InChI is InChI=1S/C67H110NO8P/c1-3-5-7-9-11-13-15-17-19-20-21-22-23-24-25-26-27-28-29-30-31-32-33-34-35-36-37-38-39-40-41-42-43-44-46-48-50-52-54-56-58-60-67(70)76-65(64-75-77(71,72)74-62-61-68)63-73-66(69)59-57-55-53-51-49-47-45-18-16-14-12-10-8-6-4-2/h5-8,11-14,17-19,21-22,24-25,27-28,30-31,33-34,45,49,51,65H,3-4,9-10,15-16,20,23,26,29,32,35-44,46-48,50,52-64,68H2,1-2H3,(H,71,72)/b7-5-,8-6-,13-11-,14-12-,19-17-,22-21-,25-24-,28-27-,31-30-,34-33-,45-18-,51-49-. The van der Waals surface area contributed by atoms with Crippen LogP contribution in [0.2, 0.25) is 0 Å². The molecule has 2 atom stereocenters. The minimum Gasteiger partial charge on any atom is -0.462 e. The Kier molecular flexibility index (Phi) is 57.8. The number of hydrogen-bond acceptors (Lipinski definition) is 8. The van der Waals surface area contributed by atoms with Crippen molar-refractivity contribution >= 4 is 19.8 Å². The van der Waals surface area contributed by atoms with Gasteiger partial charge in [-0.25, -0.2) is 4.57 Å². The number of rotatable bonds is 55. The maximum Gasteiger partial charge on any atom is 0.472 e. The minimum atomic E-state index is -4.40. The molecular weight excluding hydrogens is 978 g/mol. The molecule has 0 radical (unpaired) electrons. The molecule has 9 nitrogen and oxygen atoms in total. The maximum atomic E-state index is 12.7. The van der Waals surface area contributed by atoms with Crippen molar-refractivity contribution in [3.8, 4) is 0 Å². The number of unbranched alkanes of at least 4 members (excludes halogenated alkanes) is 18. The predicted molar refractivity (Wildman–Crippen MR) is 330 cm³/mol. The van der Waals surface area contributed by atoms with Crippen molar-refractivity contribution in [2.45, 2.75) is 238 Å². The molecule has 0 rings (SSSR count). The van der Waals surface area contributed by atoms with E-state index < -0.39 is 32.5 Å². The maximum absolute atomic E-state index is 12.7. The molecule has 436 valence electrons. The van der Waals surface area contributed by atoms with Crippen molar-refractivity contribution in [1.29, 1.82) is 0 Å². The van der Waals surface area contributed by atoms with E-state index in [1.165, 1.54) is 83.5 Å². The van der Waals surface area contributed by atoms with Crippen LogP contribution in [0.25, 0.3) is 0 Å². The first-order valence-electron chi connectivity index (χ1n) is 30.3. The van der Waals surface area contributed by atoms with E-state index in [0.29, 0.717) is 12.8 Å². The fourth-order valence-electron chi connectivity index (χ4n) is 7.82. The van der Waals surface area contributed by atoms with Crippen LogP contribution < -0.4 is 5.73 Å². The number of allylic oxidation sites excluding steroid dienone is 24. The quantitative estimate of drug-likeness (QED) is 0.0264. The van der Waals surface area contributed by atoms with Gasteiger partial charge in [-0.05, 0) is 116 Å². The molecule has 0 aliphatic carbocycles. The number of carbonyl (C=O) groups is 2. The lowest BCUT2D eigenvalue weighted by atomic mass is 10.0. The number of hydrogen-bond donors (Lipinski definition) is 2. The van der Waals surface area contributed by atoms with Crippen molar-refractivity contribution in [2.24, 2.45) is 5.73 Å². The highest BCUT2D eigenvalue weighted by Gasteiger charge is 2.26. The summed E-state index contributed by atoms with van der Waals surface area (Å²) in [7, 11) is -4.40. The molecule has 0 saturated carbocycles. The van der Waals surface area contributed by atoms with Gasteiger partial charge in [0.05, 0.1) is 13.2 Å². The third-order valence-electron chi connectivity index (χ3n) is 12.2. The second-order valence-corrected chi connectivity index (χ2v) is 20.9. The number of carbonyl (C=O) groups excluding carboxylic acids is 2. The molecule has 0 aliphatic rings. The Labute approximate surface area is 471 Å². The Hall–Kier alpha value is -4.11. The summed E-state index contributed by atoms with van der Waals surface area (Å²) in [6.45, 7) is 3.45. The lowest BCUT2D eigenvalue weighted by Crippen LogP contribution is -2.29. The van der Waals surface area contributed by atoms with Crippen molar-refractivity contribution in [3.63, 3.8) is 0 Å². The Balaban J connectivity index is 3.90. The normalized spacial score (nSPS) is 14.1. The van der Waals surface area contributed by atoms with Crippen LogP contribution in [0.15, 0.2) is 146 Å². The van der Waals surface area contributed by atoms with Crippen LogP contribution in [0, 0.1) is 0 Å². The minimum absolute atomic E-state index is 0.0418. The second-order valence-electron chi connectivity index (χ2n) is 19.5. The topological polar surface area (TPSA) is 134 Å². The number of phosphoric ester groups is 1. The molecular formula is C67H110NO8P. The highest BCUT2D eigenvalue weighted by molar-refractivity contribution is 7.47. The number of esters is 2. The fourth-order valence-corrected chi connectivity index (χ4v) is 8.58. The van der Waals surface area contributed by atoms with Crippen LogP contribution in [0.5, 0.6) is 0 Å². The lowest BCUT2D eigenvalue weighted by molar-refractivity contribution is -0.161. The van der Waals surface area contributed by atoms with E-state index in [9.17, 15) is 19.0 Å². The first kappa shape index (κ1) is 72.9. The Bertz CT molecular complexity index is 1770. The molecule has 0 fully saturated rings. The van der Waals surface area contributed by atoms with Gasteiger partial charge in [-0.2, -0.15) is 0 Å². The lowest BCUT2D eigenvalue weighted by Gasteiger charge is -2.19. The molecule has 0 saturated heterocycles. The van der Waals surface area contributed by atoms with E-state index >= 15 is 0 Å². The van der Waals surface area contributed by atoms with Gasteiger partial charge < -0.3 is 20.1 Å². The van der Waals surface area contributed by atoms with E-state index in [0.717, 1.165) is 109 Å². The molecule has 0 aromatic rings. The summed E-state index contributed by atoms with van der Waals surface area (Å²) in [6, 6.07) is 0. The van der Waals surface area contributed by atoms with Gasteiger partial charge in [-0.15, -0.1) is 0 Å². The zero-order valence-electron chi connectivity index (χ0n) is 48.6. The van der Waals surface area contributed by atoms with Gasteiger partial charge >= 0.3 is 19.8 Å². The first-order chi connectivity index (χ1) is 37.8. The molecule has 0 amide bonds. The predicted octanol–water partition coefficient (Wildman–Crippen LogP) is 19.5. The molecule has 0 aromatic carbocycles. The van der Waals surface area contributed by atoms with Gasteiger partial charge in [0.25, 0.3) is 0 Å². The molecule has 10 heteroatoms. The van der Waals surface area contributed by atoms with E-state index in [2.05, 4.69) is 160 Å². The van der Waals surface area contributed by atoms with Gasteiger partial charge in [0, 0.05) is 19.4 Å². The first-order valence-corrected chi connectivity index (χ1v) is 31.8. The zero-order chi connectivity index (χ0) is 55.9. The molecule has 3 N–H and O–H groups in total. The Morgan fingerprint density at radius 2 is 0.675 bits per heavy atom. The van der Waals surface area contributed by atoms with Crippen LogP contribution in [0.3, 0.4) is 0 Å². The van der Waals surface area contributed by atoms with Crippen molar-refractivity contribution in [2.75, 3.05) is 26.4 Å². The van der Waals surface area contributed by atoms with Gasteiger partial charge in [-0.3, -0.25) is 18.6 Å². The summed E-state index contributed by atoms with van der Waals surface area (Å²) in [5, 5.41) is 0. The van der Waals surface area contributed by atoms with Gasteiger partial charge in [0.15, 0.2) is 6.10 Å². The summed E-state index contributed by atoms with van der Waals surface area (Å²) in [5.74, 6) is -0.882. The third-order valence-corrected chi connectivity index (χ3v) is 13.2. The average molecular weight is 1090 g/mol. The third kappa shape index (κ3) is 61.0.